The van der Waals surface area contributed by atoms with Crippen LogP contribution in [-0.4, -0.2) is 0 Å². The molecule has 0 bridgehead atoms. The number of allylic oxidation sites excluding steroid dienone is 4. The molecule has 0 spiro atoms. The fourth-order valence-electron chi connectivity index (χ4n) is 2.12. The maximum absolute atomic E-state index is 2.54. The second-order valence-corrected chi connectivity index (χ2v) is 5.94. The van der Waals surface area contributed by atoms with Crippen molar-refractivity contribution in [3.05, 3.63) is 55.9 Å². The van der Waals surface area contributed by atoms with Crippen molar-refractivity contribution in [3.8, 4) is 0 Å². The second kappa shape index (κ2) is 6.45. The summed E-state index contributed by atoms with van der Waals surface area (Å²) in [6, 6.07) is 0. The van der Waals surface area contributed by atoms with Crippen LogP contribution in [0.25, 0.3) is 0 Å². The summed E-state index contributed by atoms with van der Waals surface area (Å²) in [6.45, 7) is 13.3. The molecule has 0 saturated carbocycles. The molecule has 0 saturated heterocycles. The molecule has 0 atom stereocenters. The Hall–Kier alpha value is -0.716. The van der Waals surface area contributed by atoms with Gasteiger partial charge in [0.1, 0.15) is 0 Å². The molecule has 0 nitrogen and oxygen atoms in total. The molecule has 0 radical (unpaired) electrons. The minimum atomic E-state index is 1.14. The molecule has 18 heavy (non-hydrogen) atoms. The van der Waals surface area contributed by atoms with Gasteiger partial charge in [0.15, 0.2) is 0 Å². The summed E-state index contributed by atoms with van der Waals surface area (Å²) in [5, 5.41) is 0. The van der Waals surface area contributed by atoms with E-state index in [-0.39, 0.29) is 0 Å². The minimum absolute atomic E-state index is 1.14. The van der Waals surface area contributed by atoms with E-state index in [2.05, 4.69) is 77.2 Å². The predicted octanol–water partition coefficient (Wildman–Crippen LogP) is 4.91. The molecule has 0 heterocycles. The molecule has 0 unspecified atom stereocenters. The fourth-order valence-corrected chi connectivity index (χ4v) is 2.42. The van der Waals surface area contributed by atoms with Gasteiger partial charge in [-0.25, -0.2) is 0 Å². The summed E-state index contributed by atoms with van der Waals surface area (Å²) < 4.78 is 1.41. The van der Waals surface area contributed by atoms with Crippen LogP contribution < -0.4 is 0 Å². The van der Waals surface area contributed by atoms with Gasteiger partial charge in [0, 0.05) is 0 Å². The molecular formula is C17H23V. The number of hydrogen-bond donors (Lipinski definition) is 0. The first-order valence-corrected chi connectivity index (χ1v) is 7.14. The Kier molecular flexibility index (Phi) is 5.50. The van der Waals surface area contributed by atoms with E-state index in [9.17, 15) is 0 Å². The van der Waals surface area contributed by atoms with Crippen LogP contribution in [0, 0.1) is 41.5 Å². The third kappa shape index (κ3) is 3.40. The molecule has 0 N–H and O–H groups in total. The van der Waals surface area contributed by atoms with Gasteiger partial charge in [-0.15, -0.1) is 0 Å². The molecule has 1 aliphatic rings. The van der Waals surface area contributed by atoms with Crippen LogP contribution >= 0.6 is 0 Å². The van der Waals surface area contributed by atoms with Crippen molar-refractivity contribution in [1.82, 2.24) is 0 Å². The molecule has 0 aromatic heterocycles. The molecule has 0 amide bonds. The van der Waals surface area contributed by atoms with E-state index in [0.717, 1.165) is 6.42 Å². The first-order chi connectivity index (χ1) is 8.36. The monoisotopic (exact) mass is 278 g/mol. The Labute approximate surface area is 121 Å². The van der Waals surface area contributed by atoms with Crippen LogP contribution in [0.4, 0.5) is 0 Å². The topological polar surface area (TPSA) is 0 Å². The van der Waals surface area contributed by atoms with E-state index in [0.29, 0.717) is 0 Å². The van der Waals surface area contributed by atoms with Gasteiger partial charge in [-0.3, -0.25) is 0 Å². The first kappa shape index (κ1) is 15.3. The van der Waals surface area contributed by atoms with Crippen LogP contribution in [0.2, 0.25) is 0 Å². The maximum atomic E-state index is 2.54. The summed E-state index contributed by atoms with van der Waals surface area (Å²) in [4.78, 5) is 0. The van der Waals surface area contributed by atoms with Gasteiger partial charge in [0.25, 0.3) is 0 Å². The van der Waals surface area contributed by atoms with Crippen LogP contribution in [0.15, 0.2) is 22.5 Å². The van der Waals surface area contributed by atoms with Crippen LogP contribution in [-0.2, 0) is 17.4 Å². The molecule has 1 aromatic carbocycles. The predicted molar refractivity (Wildman–Crippen MR) is 76.7 cm³/mol. The van der Waals surface area contributed by atoms with Crippen molar-refractivity contribution in [2.75, 3.05) is 0 Å². The summed E-state index contributed by atoms with van der Waals surface area (Å²) >= 11 is 2.54. The van der Waals surface area contributed by atoms with E-state index >= 15 is 0 Å². The first-order valence-electron chi connectivity index (χ1n) is 6.44. The van der Waals surface area contributed by atoms with Gasteiger partial charge in [-0.05, 0) is 74.9 Å². The molecule has 2 rings (SSSR count). The molecule has 1 aliphatic carbocycles. The quantitative estimate of drug-likeness (QED) is 0.632. The molecular weight excluding hydrogens is 255 g/mol. The Balaban J connectivity index is 0.000000225. The Morgan fingerprint density at radius 1 is 0.722 bits per heavy atom. The Bertz CT molecular complexity index is 400. The molecule has 0 fully saturated rings. The van der Waals surface area contributed by atoms with Crippen molar-refractivity contribution in [2.45, 2.75) is 48.0 Å². The van der Waals surface area contributed by atoms with Crippen molar-refractivity contribution >= 4 is 0 Å². The molecule has 96 valence electrons. The van der Waals surface area contributed by atoms with Gasteiger partial charge >= 0.3 is 46.4 Å². The van der Waals surface area contributed by atoms with Gasteiger partial charge in [0.05, 0.1) is 0 Å². The van der Waals surface area contributed by atoms with Gasteiger partial charge in [-0.2, -0.15) is 0 Å². The normalized spacial score (nSPS) is 13.1. The van der Waals surface area contributed by atoms with Crippen molar-refractivity contribution in [1.29, 1.82) is 0 Å². The van der Waals surface area contributed by atoms with E-state index in [4.69, 9.17) is 0 Å². The number of hydrogen-bond acceptors (Lipinski definition) is 0. The van der Waals surface area contributed by atoms with E-state index < -0.39 is 0 Å². The average Bonchev–Trinajstić information content (AvgIpc) is 2.83. The average molecular weight is 278 g/mol. The van der Waals surface area contributed by atoms with Gasteiger partial charge < -0.3 is 0 Å². The van der Waals surface area contributed by atoms with E-state index in [1.807, 2.05) is 0 Å². The number of rotatable bonds is 0. The third-order valence-corrected chi connectivity index (χ3v) is 4.64. The summed E-state index contributed by atoms with van der Waals surface area (Å²) in [6.07, 6.45) is 7.47. The van der Waals surface area contributed by atoms with Gasteiger partial charge in [0.2, 0.25) is 0 Å². The standard InChI is InChI=1S/C12H18.C5H5.V/c1-7-8(2)10(4)12(6)11(5)9(7)3;1-2-4-5-3-1;/h1-6H3;1-3H,4H2;. The van der Waals surface area contributed by atoms with Crippen molar-refractivity contribution in [3.63, 3.8) is 0 Å². The van der Waals surface area contributed by atoms with Crippen molar-refractivity contribution in [2.24, 2.45) is 0 Å². The summed E-state index contributed by atoms with van der Waals surface area (Å²) in [7, 11) is 0. The van der Waals surface area contributed by atoms with Crippen LogP contribution in [0.3, 0.4) is 0 Å². The SMILES string of the molecule is Cc1c(C)c(C)c(C)c(C)c1C.[V][C]1=CC=CC1. The van der Waals surface area contributed by atoms with Crippen LogP contribution in [0.1, 0.15) is 39.8 Å². The van der Waals surface area contributed by atoms with Crippen LogP contribution in [0.5, 0.6) is 0 Å². The Morgan fingerprint density at radius 2 is 1.06 bits per heavy atom. The zero-order chi connectivity index (χ0) is 13.9. The fraction of sp³-hybridized carbons (Fsp3) is 0.412. The zero-order valence-corrected chi connectivity index (χ0v) is 13.8. The second-order valence-electron chi connectivity index (χ2n) is 5.04. The molecule has 1 aromatic rings. The van der Waals surface area contributed by atoms with E-state index in [1.165, 1.54) is 37.7 Å². The number of benzene rings is 1. The summed E-state index contributed by atoms with van der Waals surface area (Å²) in [5.74, 6) is 0. The van der Waals surface area contributed by atoms with E-state index in [1.54, 1.807) is 0 Å². The zero-order valence-electron chi connectivity index (χ0n) is 12.4. The van der Waals surface area contributed by atoms with Crippen molar-refractivity contribution < 1.29 is 17.4 Å². The summed E-state index contributed by atoms with van der Waals surface area (Å²) in [5.41, 5.74) is 8.73. The Morgan fingerprint density at radius 3 is 1.17 bits per heavy atom. The third-order valence-electron chi connectivity index (χ3n) is 4.13. The molecule has 1 heteroatoms. The van der Waals surface area contributed by atoms with Gasteiger partial charge in [-0.1, -0.05) is 0 Å². The molecule has 0 aliphatic heterocycles.